The van der Waals surface area contributed by atoms with E-state index in [-0.39, 0.29) is 23.5 Å². The molecule has 14 heteroatoms. The lowest BCUT2D eigenvalue weighted by molar-refractivity contribution is -0.333. The maximum Gasteiger partial charge on any atom is 0.522 e. The number of aromatic nitrogens is 4. The molecule has 5 N–H and O–H groups in total. The molecule has 1 aliphatic rings. The van der Waals surface area contributed by atoms with E-state index in [1.54, 1.807) is 0 Å². The quantitative estimate of drug-likeness (QED) is 0.374. The molecule has 2 aromatic rings. The average Bonchev–Trinajstić information content (AvgIpc) is 3.19. The maximum atomic E-state index is 12.2. The highest BCUT2D eigenvalue weighted by molar-refractivity contribution is 5.82. The van der Waals surface area contributed by atoms with Crippen molar-refractivity contribution >= 4 is 17.0 Å². The number of imidazole rings is 1. The number of alkyl halides is 3. The van der Waals surface area contributed by atoms with Crippen LogP contribution >= 0.6 is 0 Å². The molecule has 1 aliphatic heterocycles. The number of fused-ring (bicyclic) bond motifs is 1. The highest BCUT2D eigenvalue weighted by Gasteiger charge is 2.46. The van der Waals surface area contributed by atoms with Gasteiger partial charge in [-0.3, -0.25) is 9.30 Å². The molecule has 156 valence electrons. The minimum Gasteiger partial charge on any atom is -0.394 e. The second kappa shape index (κ2) is 8.10. The second-order valence-corrected chi connectivity index (χ2v) is 6.07. The number of hydrogen-bond acceptors (Lipinski definition) is 10. The molecule has 1 saturated heterocycles. The molecule has 2 aromatic heterocycles. The molecule has 5 unspecified atom stereocenters. The fourth-order valence-electron chi connectivity index (χ4n) is 2.72. The van der Waals surface area contributed by atoms with Crippen LogP contribution in [0.4, 0.5) is 19.0 Å². The normalized spacial score (nSPS) is 26.7. The van der Waals surface area contributed by atoms with Gasteiger partial charge in [0.2, 0.25) is 0 Å². The Bertz CT molecular complexity index is 805. The van der Waals surface area contributed by atoms with Crippen molar-refractivity contribution in [3.05, 3.63) is 12.7 Å². The fraction of sp³-hybridized carbons (Fsp3) is 0.643. The van der Waals surface area contributed by atoms with E-state index in [4.69, 9.17) is 9.84 Å². The van der Waals surface area contributed by atoms with Gasteiger partial charge in [0.05, 0.1) is 25.6 Å². The van der Waals surface area contributed by atoms with E-state index in [2.05, 4.69) is 25.0 Å². The summed E-state index contributed by atoms with van der Waals surface area (Å²) in [7, 11) is 0. The van der Waals surface area contributed by atoms with Crippen LogP contribution in [0, 0.1) is 0 Å². The van der Waals surface area contributed by atoms with Crippen molar-refractivity contribution < 1.29 is 43.1 Å². The lowest BCUT2D eigenvalue weighted by Crippen LogP contribution is -2.35. The average molecular weight is 409 g/mol. The van der Waals surface area contributed by atoms with Crippen molar-refractivity contribution in [2.24, 2.45) is 0 Å². The fourth-order valence-corrected chi connectivity index (χ4v) is 2.72. The first-order valence-corrected chi connectivity index (χ1v) is 8.14. The summed E-state index contributed by atoms with van der Waals surface area (Å²) in [6.07, 6.45) is -9.40. The van der Waals surface area contributed by atoms with Gasteiger partial charge in [-0.25, -0.2) is 15.0 Å². The molecule has 3 heterocycles. The smallest absolute Gasteiger partial charge is 0.394 e. The minimum absolute atomic E-state index is 0.0202. The van der Waals surface area contributed by atoms with Gasteiger partial charge < -0.3 is 30.5 Å². The van der Waals surface area contributed by atoms with Crippen LogP contribution in [0.2, 0.25) is 0 Å². The minimum atomic E-state index is -4.90. The van der Waals surface area contributed by atoms with Crippen molar-refractivity contribution in [1.29, 1.82) is 0 Å². The summed E-state index contributed by atoms with van der Waals surface area (Å²) in [6.45, 7) is -1.48. The summed E-state index contributed by atoms with van der Waals surface area (Å²) in [5.74, 6) is 0.223. The van der Waals surface area contributed by atoms with Crippen LogP contribution in [0.3, 0.4) is 0 Å². The van der Waals surface area contributed by atoms with Crippen LogP contribution in [0.25, 0.3) is 11.2 Å². The van der Waals surface area contributed by atoms with Crippen LogP contribution in [-0.2, 0) is 9.47 Å². The number of aliphatic hydroxyl groups excluding tert-OH is 4. The van der Waals surface area contributed by atoms with E-state index in [9.17, 15) is 28.5 Å². The molecule has 0 saturated carbocycles. The first kappa shape index (κ1) is 20.6. The Morgan fingerprint density at radius 1 is 1.25 bits per heavy atom. The van der Waals surface area contributed by atoms with Gasteiger partial charge in [0.1, 0.15) is 24.6 Å². The Morgan fingerprint density at radius 2 is 2.00 bits per heavy atom. The first-order chi connectivity index (χ1) is 13.2. The molecular formula is C14H18F3N5O6. The molecule has 0 amide bonds. The Labute approximate surface area is 155 Å². The molecule has 0 spiro atoms. The van der Waals surface area contributed by atoms with Crippen molar-refractivity contribution in [3.63, 3.8) is 0 Å². The van der Waals surface area contributed by atoms with E-state index in [0.717, 1.165) is 6.33 Å². The highest BCUT2D eigenvalue weighted by Crippen LogP contribution is 2.33. The van der Waals surface area contributed by atoms with Crippen molar-refractivity contribution in [2.45, 2.75) is 37.0 Å². The molecule has 3 rings (SSSR count). The number of halogens is 3. The summed E-state index contributed by atoms with van der Waals surface area (Å²) >= 11 is 0. The molecule has 1 fully saturated rings. The van der Waals surface area contributed by atoms with Gasteiger partial charge in [0.25, 0.3) is 0 Å². The molecule has 5 atom stereocenters. The van der Waals surface area contributed by atoms with E-state index >= 15 is 0 Å². The number of aliphatic hydroxyl groups is 4. The summed E-state index contributed by atoms with van der Waals surface area (Å²) < 4.78 is 46.9. The monoisotopic (exact) mass is 409 g/mol. The first-order valence-electron chi connectivity index (χ1n) is 8.14. The van der Waals surface area contributed by atoms with Gasteiger partial charge >= 0.3 is 6.36 Å². The number of nitrogens with one attached hydrogen (secondary N) is 1. The second-order valence-electron chi connectivity index (χ2n) is 6.07. The molecule has 11 nitrogen and oxygen atoms in total. The highest BCUT2D eigenvalue weighted by atomic mass is 19.4. The van der Waals surface area contributed by atoms with Crippen LogP contribution in [0.1, 0.15) is 6.23 Å². The third-order valence-corrected chi connectivity index (χ3v) is 4.10. The largest absolute Gasteiger partial charge is 0.522 e. The lowest BCUT2D eigenvalue weighted by Gasteiger charge is -2.17. The number of anilines is 1. The molecule has 0 aromatic carbocycles. The summed E-state index contributed by atoms with van der Waals surface area (Å²) in [4.78, 5) is 12.1. The van der Waals surface area contributed by atoms with E-state index in [1.165, 1.54) is 10.9 Å². The third-order valence-electron chi connectivity index (χ3n) is 4.10. The SMILES string of the molecule is OCC(O)CNc1ncnc2c1ncn2C1OC(COC(F)(F)F)C(O)C1O. The van der Waals surface area contributed by atoms with Crippen molar-refractivity contribution in [3.8, 4) is 0 Å². The van der Waals surface area contributed by atoms with E-state index in [0.29, 0.717) is 0 Å². The van der Waals surface area contributed by atoms with Crippen molar-refractivity contribution in [1.82, 2.24) is 19.5 Å². The van der Waals surface area contributed by atoms with Gasteiger partial charge in [-0.1, -0.05) is 0 Å². The standard InChI is InChI=1S/C14H18F3N5O6/c15-14(16,17)27-3-7-9(25)10(26)13(28-7)22-5-21-8-11(18-1-6(24)2-23)19-4-20-12(8)22/h4-7,9-10,13,23-26H,1-3H2,(H,18,19,20). The Balaban J connectivity index is 1.80. The zero-order valence-electron chi connectivity index (χ0n) is 14.2. The molecule has 28 heavy (non-hydrogen) atoms. The zero-order chi connectivity index (χ0) is 20.5. The van der Waals surface area contributed by atoms with Crippen LogP contribution in [0.5, 0.6) is 0 Å². The number of hydrogen-bond donors (Lipinski definition) is 5. The van der Waals surface area contributed by atoms with Crippen LogP contribution < -0.4 is 5.32 Å². The predicted octanol–water partition coefficient (Wildman–Crippen LogP) is -1.25. The Morgan fingerprint density at radius 3 is 2.68 bits per heavy atom. The van der Waals surface area contributed by atoms with Crippen LogP contribution in [0.15, 0.2) is 12.7 Å². The predicted molar refractivity (Wildman–Crippen MR) is 84.8 cm³/mol. The molecule has 0 radical (unpaired) electrons. The third kappa shape index (κ3) is 4.31. The van der Waals surface area contributed by atoms with Gasteiger partial charge in [0, 0.05) is 6.54 Å². The number of nitrogens with zero attached hydrogens (tertiary/aromatic N) is 4. The zero-order valence-corrected chi connectivity index (χ0v) is 14.2. The number of ether oxygens (including phenoxy) is 2. The molecular weight excluding hydrogens is 391 g/mol. The maximum absolute atomic E-state index is 12.2. The van der Waals surface area contributed by atoms with E-state index < -0.39 is 50.2 Å². The summed E-state index contributed by atoms with van der Waals surface area (Å²) in [6, 6.07) is 0. The van der Waals surface area contributed by atoms with Gasteiger partial charge in [-0.2, -0.15) is 0 Å². The Kier molecular flexibility index (Phi) is 5.97. The molecule has 0 aliphatic carbocycles. The van der Waals surface area contributed by atoms with Crippen molar-refractivity contribution in [2.75, 3.05) is 25.1 Å². The van der Waals surface area contributed by atoms with Crippen LogP contribution in [-0.4, -0.2) is 90.5 Å². The van der Waals surface area contributed by atoms with E-state index in [1.807, 2.05) is 0 Å². The van der Waals surface area contributed by atoms with Gasteiger partial charge in [-0.05, 0) is 0 Å². The molecule has 0 bridgehead atoms. The summed E-state index contributed by atoms with van der Waals surface area (Å²) in [5.41, 5.74) is 0.401. The Hall–Kier alpha value is -2.10. The lowest BCUT2D eigenvalue weighted by atomic mass is 10.1. The van der Waals surface area contributed by atoms with Gasteiger partial charge in [0.15, 0.2) is 23.2 Å². The summed E-state index contributed by atoms with van der Waals surface area (Å²) in [5, 5.41) is 41.2. The van der Waals surface area contributed by atoms with Gasteiger partial charge in [-0.15, -0.1) is 13.2 Å². The topological polar surface area (TPSA) is 155 Å². The number of rotatable bonds is 7.